The number of rotatable bonds is 6. The lowest BCUT2D eigenvalue weighted by Gasteiger charge is -2.11. The molecule has 23 heavy (non-hydrogen) atoms. The smallest absolute Gasteiger partial charge is 0.211 e. The van der Waals surface area contributed by atoms with Crippen molar-refractivity contribution in [3.05, 3.63) is 59.4 Å². The molecule has 0 saturated heterocycles. The van der Waals surface area contributed by atoms with Crippen molar-refractivity contribution >= 4 is 12.2 Å². The third kappa shape index (κ3) is 4.99. The van der Waals surface area contributed by atoms with Crippen molar-refractivity contribution in [3.8, 4) is 11.5 Å². The van der Waals surface area contributed by atoms with Gasteiger partial charge in [-0.25, -0.2) is 4.39 Å². The fourth-order valence-corrected chi connectivity index (χ4v) is 1.79. The second-order valence-corrected chi connectivity index (χ2v) is 4.59. The third-order valence-electron chi connectivity index (χ3n) is 2.88. The minimum absolute atomic E-state index is 0.118. The van der Waals surface area contributed by atoms with Crippen LogP contribution in [0.2, 0.25) is 0 Å². The standard InChI is InChI=1S/C16H17FN4O2/c1-22-15-8-12(9-20-21-16(18)19)4-7-14(15)23-10-11-2-5-13(17)6-3-11/h2-9H,10H2,1H3,(H4,18,19,21)/b20-9+. The molecule has 0 radical (unpaired) electrons. The molecular formula is C16H17FN4O2. The van der Waals surface area contributed by atoms with E-state index in [1.54, 1.807) is 30.3 Å². The number of hydrogen-bond donors (Lipinski definition) is 2. The van der Waals surface area contributed by atoms with Crippen LogP contribution >= 0.6 is 0 Å². The number of benzene rings is 2. The number of ether oxygens (including phenoxy) is 2. The van der Waals surface area contributed by atoms with E-state index in [9.17, 15) is 4.39 Å². The molecule has 6 nitrogen and oxygen atoms in total. The molecule has 0 aliphatic rings. The molecule has 0 fully saturated rings. The summed E-state index contributed by atoms with van der Waals surface area (Å²) in [5.41, 5.74) is 12.0. The highest BCUT2D eigenvalue weighted by Crippen LogP contribution is 2.28. The summed E-state index contributed by atoms with van der Waals surface area (Å²) < 4.78 is 23.8. The van der Waals surface area contributed by atoms with Crippen LogP contribution in [-0.2, 0) is 6.61 Å². The van der Waals surface area contributed by atoms with Crippen LogP contribution in [0.3, 0.4) is 0 Å². The molecule has 120 valence electrons. The lowest BCUT2D eigenvalue weighted by molar-refractivity contribution is 0.284. The predicted molar refractivity (Wildman–Crippen MR) is 87.1 cm³/mol. The second kappa shape index (κ2) is 7.79. The highest BCUT2D eigenvalue weighted by molar-refractivity contribution is 5.82. The van der Waals surface area contributed by atoms with E-state index in [4.69, 9.17) is 20.9 Å². The van der Waals surface area contributed by atoms with Gasteiger partial charge >= 0.3 is 0 Å². The molecule has 7 heteroatoms. The molecule has 4 N–H and O–H groups in total. The van der Waals surface area contributed by atoms with E-state index in [0.29, 0.717) is 18.1 Å². The molecule has 2 aromatic carbocycles. The van der Waals surface area contributed by atoms with Crippen molar-refractivity contribution < 1.29 is 13.9 Å². The normalized spacial score (nSPS) is 10.5. The van der Waals surface area contributed by atoms with Gasteiger partial charge in [0.15, 0.2) is 11.5 Å². The van der Waals surface area contributed by atoms with Crippen molar-refractivity contribution in [1.29, 1.82) is 0 Å². The van der Waals surface area contributed by atoms with Crippen LogP contribution in [0, 0.1) is 5.82 Å². The van der Waals surface area contributed by atoms with Crippen molar-refractivity contribution in [2.75, 3.05) is 7.11 Å². The lowest BCUT2D eigenvalue weighted by Crippen LogP contribution is -2.21. The maximum Gasteiger partial charge on any atom is 0.211 e. The maximum absolute atomic E-state index is 12.9. The number of nitrogens with two attached hydrogens (primary N) is 2. The summed E-state index contributed by atoms with van der Waals surface area (Å²) in [4.78, 5) is 0. The molecule has 0 spiro atoms. The average molecular weight is 316 g/mol. The fourth-order valence-electron chi connectivity index (χ4n) is 1.79. The van der Waals surface area contributed by atoms with E-state index in [2.05, 4.69) is 10.2 Å². The zero-order chi connectivity index (χ0) is 16.7. The summed E-state index contributed by atoms with van der Waals surface area (Å²) in [6, 6.07) is 11.4. The second-order valence-electron chi connectivity index (χ2n) is 4.59. The number of nitrogens with zero attached hydrogens (tertiary/aromatic N) is 2. The number of halogens is 1. The van der Waals surface area contributed by atoms with Gasteiger partial charge in [0.1, 0.15) is 12.4 Å². The first-order valence-electron chi connectivity index (χ1n) is 6.75. The Labute approximate surface area is 133 Å². The first kappa shape index (κ1) is 16.3. The van der Waals surface area contributed by atoms with Crippen LogP contribution in [0.4, 0.5) is 4.39 Å². The van der Waals surface area contributed by atoms with Gasteiger partial charge in [0.2, 0.25) is 5.96 Å². The monoisotopic (exact) mass is 316 g/mol. The molecule has 0 bridgehead atoms. The Hall–Kier alpha value is -3.09. The summed E-state index contributed by atoms with van der Waals surface area (Å²) in [5, 5.41) is 7.25. The first-order chi connectivity index (χ1) is 11.1. The van der Waals surface area contributed by atoms with Crippen molar-refractivity contribution in [2.24, 2.45) is 21.7 Å². The number of guanidine groups is 1. The lowest BCUT2D eigenvalue weighted by atomic mass is 10.2. The Morgan fingerprint density at radius 1 is 1.13 bits per heavy atom. The van der Waals surface area contributed by atoms with Gasteiger partial charge < -0.3 is 20.9 Å². The molecule has 0 aliphatic heterocycles. The summed E-state index contributed by atoms with van der Waals surface area (Å²) in [7, 11) is 1.54. The van der Waals surface area contributed by atoms with Gasteiger partial charge in [-0.05, 0) is 41.5 Å². The minimum atomic E-state index is -0.282. The molecule has 0 amide bonds. The number of methoxy groups -OCH3 is 1. The van der Waals surface area contributed by atoms with Gasteiger partial charge in [-0.15, -0.1) is 5.10 Å². The largest absolute Gasteiger partial charge is 0.493 e. The highest BCUT2D eigenvalue weighted by atomic mass is 19.1. The molecule has 0 unspecified atom stereocenters. The fraction of sp³-hybridized carbons (Fsp3) is 0.125. The Kier molecular flexibility index (Phi) is 5.51. The molecule has 0 saturated carbocycles. The Morgan fingerprint density at radius 2 is 1.87 bits per heavy atom. The molecular weight excluding hydrogens is 299 g/mol. The third-order valence-corrected chi connectivity index (χ3v) is 2.88. The van der Waals surface area contributed by atoms with Crippen molar-refractivity contribution in [1.82, 2.24) is 0 Å². The predicted octanol–water partition coefficient (Wildman–Crippen LogP) is 2.02. The maximum atomic E-state index is 12.9. The molecule has 0 aromatic heterocycles. The zero-order valence-electron chi connectivity index (χ0n) is 12.6. The van der Waals surface area contributed by atoms with Gasteiger partial charge in [0, 0.05) is 0 Å². The van der Waals surface area contributed by atoms with Crippen LogP contribution < -0.4 is 20.9 Å². The first-order valence-corrected chi connectivity index (χ1v) is 6.75. The summed E-state index contributed by atoms with van der Waals surface area (Å²) >= 11 is 0. The van der Waals surface area contributed by atoms with E-state index >= 15 is 0 Å². The Morgan fingerprint density at radius 3 is 2.52 bits per heavy atom. The van der Waals surface area contributed by atoms with E-state index < -0.39 is 0 Å². The highest BCUT2D eigenvalue weighted by Gasteiger charge is 2.05. The molecule has 2 aromatic rings. The Balaban J connectivity index is 2.08. The molecule has 2 rings (SSSR count). The van der Waals surface area contributed by atoms with Crippen LogP contribution in [-0.4, -0.2) is 19.3 Å². The van der Waals surface area contributed by atoms with E-state index in [1.807, 2.05) is 0 Å². The molecule has 0 atom stereocenters. The minimum Gasteiger partial charge on any atom is -0.493 e. The van der Waals surface area contributed by atoms with Crippen molar-refractivity contribution in [2.45, 2.75) is 6.61 Å². The van der Waals surface area contributed by atoms with E-state index in [1.165, 1.54) is 25.5 Å². The summed E-state index contributed by atoms with van der Waals surface area (Å²) in [5.74, 6) is 0.708. The SMILES string of the molecule is COc1cc(/C=N/N=C(N)N)ccc1OCc1ccc(F)cc1. The molecule has 0 heterocycles. The number of hydrogen-bond acceptors (Lipinski definition) is 4. The summed E-state index contributed by atoms with van der Waals surface area (Å²) in [6.07, 6.45) is 1.49. The van der Waals surface area contributed by atoms with Crippen LogP contribution in [0.25, 0.3) is 0 Å². The van der Waals surface area contributed by atoms with Gasteiger partial charge in [-0.3, -0.25) is 0 Å². The quantitative estimate of drug-likeness (QED) is 0.484. The molecule has 0 aliphatic carbocycles. The van der Waals surface area contributed by atoms with E-state index in [0.717, 1.165) is 11.1 Å². The van der Waals surface area contributed by atoms with E-state index in [-0.39, 0.29) is 11.8 Å². The summed E-state index contributed by atoms with van der Waals surface area (Å²) in [6.45, 7) is 0.304. The van der Waals surface area contributed by atoms with Crippen molar-refractivity contribution in [3.63, 3.8) is 0 Å². The van der Waals surface area contributed by atoms with Crippen LogP contribution in [0.15, 0.2) is 52.7 Å². The van der Waals surface area contributed by atoms with Gasteiger partial charge in [0.05, 0.1) is 13.3 Å². The van der Waals surface area contributed by atoms with Gasteiger partial charge in [-0.2, -0.15) is 5.10 Å². The Bertz CT molecular complexity index is 711. The van der Waals surface area contributed by atoms with Crippen LogP contribution in [0.1, 0.15) is 11.1 Å². The van der Waals surface area contributed by atoms with Gasteiger partial charge in [0.25, 0.3) is 0 Å². The zero-order valence-corrected chi connectivity index (χ0v) is 12.6. The van der Waals surface area contributed by atoms with Crippen LogP contribution in [0.5, 0.6) is 11.5 Å². The average Bonchev–Trinajstić information content (AvgIpc) is 2.54. The van der Waals surface area contributed by atoms with Gasteiger partial charge in [-0.1, -0.05) is 12.1 Å². The topological polar surface area (TPSA) is 95.2 Å².